The molecule has 0 aliphatic carbocycles. The average Bonchev–Trinajstić information content (AvgIpc) is 2.70. The van der Waals surface area contributed by atoms with Crippen molar-refractivity contribution in [3.05, 3.63) is 17.0 Å². The van der Waals surface area contributed by atoms with Gasteiger partial charge in [0, 0.05) is 31.7 Å². The molecule has 0 saturated carbocycles. The second-order valence-corrected chi connectivity index (χ2v) is 6.61. The highest BCUT2D eigenvalue weighted by Gasteiger charge is 2.16. The third-order valence-corrected chi connectivity index (χ3v) is 4.00. The summed E-state index contributed by atoms with van der Waals surface area (Å²) in [5.74, 6) is 0.858. The van der Waals surface area contributed by atoms with E-state index in [1.165, 1.54) is 11.3 Å². The number of carbonyl (C=O) groups is 1. The zero-order valence-corrected chi connectivity index (χ0v) is 15.3. The fourth-order valence-corrected chi connectivity index (χ4v) is 2.91. The molecule has 0 fully saturated rings. The van der Waals surface area contributed by atoms with Crippen LogP contribution in [0.4, 0.5) is 0 Å². The smallest absolute Gasteiger partial charge is 0.222 e. The van der Waals surface area contributed by atoms with E-state index in [9.17, 15) is 4.79 Å². The first-order chi connectivity index (χ1) is 10.4. The Balaban J connectivity index is 2.71. The summed E-state index contributed by atoms with van der Waals surface area (Å²) in [4.78, 5) is 14.4. The van der Waals surface area contributed by atoms with Gasteiger partial charge < -0.3 is 4.90 Å². The lowest BCUT2D eigenvalue weighted by Crippen LogP contribution is -2.32. The lowest BCUT2D eigenvalue weighted by atomic mass is 10.1. The first-order valence-corrected chi connectivity index (χ1v) is 8.71. The molecule has 1 heterocycles. The van der Waals surface area contributed by atoms with Crippen LogP contribution in [0.1, 0.15) is 63.9 Å². The Morgan fingerprint density at radius 1 is 1.18 bits per heavy atom. The van der Waals surface area contributed by atoms with Gasteiger partial charge in [0.25, 0.3) is 0 Å². The molecule has 1 aromatic heterocycles. The Kier molecular flexibility index (Phi) is 7.63. The third-order valence-electron chi connectivity index (χ3n) is 4.00. The summed E-state index contributed by atoms with van der Waals surface area (Å²) in [6.45, 7) is 15.5. The monoisotopic (exact) mass is 307 g/mol. The van der Waals surface area contributed by atoms with Crippen LogP contribution >= 0.6 is 0 Å². The van der Waals surface area contributed by atoms with E-state index in [2.05, 4.69) is 51.3 Å². The summed E-state index contributed by atoms with van der Waals surface area (Å²) >= 11 is 0. The maximum absolute atomic E-state index is 12.4. The minimum absolute atomic E-state index is 0.277. The maximum atomic E-state index is 12.4. The third kappa shape index (κ3) is 5.15. The summed E-state index contributed by atoms with van der Waals surface area (Å²) in [5.41, 5.74) is 3.54. The molecule has 0 bridgehead atoms. The van der Waals surface area contributed by atoms with Gasteiger partial charge in [-0.25, -0.2) is 0 Å². The van der Waals surface area contributed by atoms with Gasteiger partial charge in [0.15, 0.2) is 0 Å². The molecule has 0 spiro atoms. The molecule has 22 heavy (non-hydrogen) atoms. The molecule has 0 N–H and O–H groups in total. The Bertz CT molecular complexity index is 471. The average molecular weight is 307 g/mol. The molecule has 0 unspecified atom stereocenters. The minimum atomic E-state index is 0.277. The van der Waals surface area contributed by atoms with E-state index in [1.807, 2.05) is 4.90 Å². The van der Waals surface area contributed by atoms with Gasteiger partial charge in [0.2, 0.25) is 5.91 Å². The highest BCUT2D eigenvalue weighted by Crippen LogP contribution is 2.17. The standard InChI is InChI=1S/C18H33N3O/c1-7-11-20(12-8-2)18(22)10-9-17-15(5)19-21(16(17)6)13-14(3)4/h14H,7-13H2,1-6H3. The Morgan fingerprint density at radius 3 is 2.27 bits per heavy atom. The highest BCUT2D eigenvalue weighted by molar-refractivity contribution is 5.76. The zero-order chi connectivity index (χ0) is 16.7. The van der Waals surface area contributed by atoms with Crippen molar-refractivity contribution in [2.24, 2.45) is 5.92 Å². The van der Waals surface area contributed by atoms with Gasteiger partial charge in [-0.3, -0.25) is 9.48 Å². The quantitative estimate of drug-likeness (QED) is 0.697. The summed E-state index contributed by atoms with van der Waals surface area (Å²) in [7, 11) is 0. The second-order valence-electron chi connectivity index (χ2n) is 6.61. The summed E-state index contributed by atoms with van der Waals surface area (Å²) in [6.07, 6.45) is 3.44. The number of carbonyl (C=O) groups excluding carboxylic acids is 1. The molecule has 0 radical (unpaired) electrons. The summed E-state index contributed by atoms with van der Waals surface area (Å²) < 4.78 is 2.09. The van der Waals surface area contributed by atoms with Crippen LogP contribution in [-0.2, 0) is 17.8 Å². The molecule has 4 nitrogen and oxygen atoms in total. The van der Waals surface area contributed by atoms with Crippen LogP contribution in [0.2, 0.25) is 0 Å². The van der Waals surface area contributed by atoms with Gasteiger partial charge in [-0.2, -0.15) is 5.10 Å². The molecule has 0 aliphatic heterocycles. The SMILES string of the molecule is CCCN(CCC)C(=O)CCc1c(C)nn(CC(C)C)c1C. The van der Waals surface area contributed by atoms with Gasteiger partial charge in [0.1, 0.15) is 0 Å². The molecule has 4 heteroatoms. The van der Waals surface area contributed by atoms with Crippen molar-refractivity contribution in [2.75, 3.05) is 13.1 Å². The number of aryl methyl sites for hydroxylation is 1. The molecule has 126 valence electrons. The number of hydrogen-bond acceptors (Lipinski definition) is 2. The van der Waals surface area contributed by atoms with Crippen molar-refractivity contribution in [1.82, 2.24) is 14.7 Å². The first kappa shape index (κ1) is 18.7. The van der Waals surface area contributed by atoms with E-state index >= 15 is 0 Å². The Labute approximate surface area is 135 Å². The van der Waals surface area contributed by atoms with Crippen LogP contribution in [0.5, 0.6) is 0 Å². The van der Waals surface area contributed by atoms with Crippen molar-refractivity contribution >= 4 is 5.91 Å². The van der Waals surface area contributed by atoms with E-state index in [0.717, 1.165) is 44.6 Å². The maximum Gasteiger partial charge on any atom is 0.222 e. The number of hydrogen-bond donors (Lipinski definition) is 0. The van der Waals surface area contributed by atoms with E-state index in [1.54, 1.807) is 0 Å². The Hall–Kier alpha value is -1.32. The van der Waals surface area contributed by atoms with Gasteiger partial charge in [-0.15, -0.1) is 0 Å². The highest BCUT2D eigenvalue weighted by atomic mass is 16.2. The zero-order valence-electron chi connectivity index (χ0n) is 15.3. The fraction of sp³-hybridized carbons (Fsp3) is 0.778. The van der Waals surface area contributed by atoms with Crippen molar-refractivity contribution < 1.29 is 4.79 Å². The van der Waals surface area contributed by atoms with Crippen molar-refractivity contribution in [3.8, 4) is 0 Å². The normalized spacial score (nSPS) is 11.2. The molecule has 0 aromatic carbocycles. The van der Waals surface area contributed by atoms with Gasteiger partial charge >= 0.3 is 0 Å². The molecule has 0 atom stereocenters. The fourth-order valence-electron chi connectivity index (χ4n) is 2.91. The van der Waals surface area contributed by atoms with Gasteiger partial charge in [-0.05, 0) is 44.6 Å². The lowest BCUT2D eigenvalue weighted by molar-refractivity contribution is -0.131. The molecular weight excluding hydrogens is 274 g/mol. The topological polar surface area (TPSA) is 38.1 Å². The molecule has 1 aromatic rings. The first-order valence-electron chi connectivity index (χ1n) is 8.71. The number of rotatable bonds is 9. The van der Waals surface area contributed by atoms with E-state index in [0.29, 0.717) is 12.3 Å². The largest absolute Gasteiger partial charge is 0.343 e. The second kappa shape index (κ2) is 8.96. The number of amides is 1. The predicted molar refractivity (Wildman–Crippen MR) is 92.0 cm³/mol. The van der Waals surface area contributed by atoms with Crippen LogP contribution < -0.4 is 0 Å². The predicted octanol–water partition coefficient (Wildman–Crippen LogP) is 3.74. The summed E-state index contributed by atoms with van der Waals surface area (Å²) in [5, 5.41) is 4.64. The minimum Gasteiger partial charge on any atom is -0.343 e. The lowest BCUT2D eigenvalue weighted by Gasteiger charge is -2.21. The van der Waals surface area contributed by atoms with Crippen LogP contribution in [0.25, 0.3) is 0 Å². The molecular formula is C18H33N3O. The Morgan fingerprint density at radius 2 is 1.77 bits per heavy atom. The van der Waals surface area contributed by atoms with Crippen LogP contribution in [-0.4, -0.2) is 33.7 Å². The van der Waals surface area contributed by atoms with Crippen LogP contribution in [0.3, 0.4) is 0 Å². The van der Waals surface area contributed by atoms with E-state index in [-0.39, 0.29) is 5.91 Å². The molecule has 1 rings (SSSR count). The molecule has 1 amide bonds. The van der Waals surface area contributed by atoms with Crippen molar-refractivity contribution in [1.29, 1.82) is 0 Å². The molecule has 0 saturated heterocycles. The van der Waals surface area contributed by atoms with Crippen LogP contribution in [0, 0.1) is 19.8 Å². The van der Waals surface area contributed by atoms with Crippen molar-refractivity contribution in [2.45, 2.75) is 73.8 Å². The summed E-state index contributed by atoms with van der Waals surface area (Å²) in [6, 6.07) is 0. The van der Waals surface area contributed by atoms with E-state index < -0.39 is 0 Å². The van der Waals surface area contributed by atoms with Gasteiger partial charge in [-0.1, -0.05) is 27.7 Å². The molecule has 0 aliphatic rings. The van der Waals surface area contributed by atoms with Gasteiger partial charge in [0.05, 0.1) is 5.69 Å². The number of aromatic nitrogens is 2. The van der Waals surface area contributed by atoms with Crippen LogP contribution in [0.15, 0.2) is 0 Å². The number of nitrogens with zero attached hydrogens (tertiary/aromatic N) is 3. The van der Waals surface area contributed by atoms with Crippen molar-refractivity contribution in [3.63, 3.8) is 0 Å². The van der Waals surface area contributed by atoms with E-state index in [4.69, 9.17) is 0 Å².